The van der Waals surface area contributed by atoms with Crippen molar-refractivity contribution >= 4 is 11.0 Å². The van der Waals surface area contributed by atoms with E-state index in [-0.39, 0.29) is 22.8 Å². The highest BCUT2D eigenvalue weighted by molar-refractivity contribution is 5.91. The molecule has 5 nitrogen and oxygen atoms in total. The van der Waals surface area contributed by atoms with Crippen LogP contribution in [0.4, 0.5) is 0 Å². The fraction of sp³-hybridized carbons (Fsp3) is 0.312. The Kier molecular flexibility index (Phi) is 4.87. The van der Waals surface area contributed by atoms with E-state index in [0.717, 1.165) is 6.42 Å². The van der Waals surface area contributed by atoms with E-state index >= 15 is 0 Å². The second kappa shape index (κ2) is 6.83. The zero-order valence-corrected chi connectivity index (χ0v) is 12.1. The second-order valence-electron chi connectivity index (χ2n) is 4.42. The SMILES string of the molecule is CCC=CCCOc1c(OC)c2c(O)cccc2oc1=O. The third kappa shape index (κ3) is 3.18. The molecule has 5 heteroatoms. The minimum absolute atomic E-state index is 0.0172. The summed E-state index contributed by atoms with van der Waals surface area (Å²) in [5.74, 6) is 0.152. The number of methoxy groups -OCH3 is 1. The summed E-state index contributed by atoms with van der Waals surface area (Å²) >= 11 is 0. The smallest absolute Gasteiger partial charge is 0.383 e. The number of allylic oxidation sites excluding steroid dienone is 1. The van der Waals surface area contributed by atoms with Crippen molar-refractivity contribution in [3.63, 3.8) is 0 Å². The van der Waals surface area contributed by atoms with Gasteiger partial charge in [-0.2, -0.15) is 0 Å². The number of phenolic OH excluding ortho intramolecular Hbond substituents is 1. The van der Waals surface area contributed by atoms with E-state index in [1.54, 1.807) is 12.1 Å². The van der Waals surface area contributed by atoms with Gasteiger partial charge >= 0.3 is 5.63 Å². The van der Waals surface area contributed by atoms with Gasteiger partial charge in [-0.1, -0.05) is 25.1 Å². The van der Waals surface area contributed by atoms with Gasteiger partial charge in [0.05, 0.1) is 13.7 Å². The molecule has 0 aliphatic heterocycles. The van der Waals surface area contributed by atoms with Crippen molar-refractivity contribution in [2.45, 2.75) is 19.8 Å². The third-order valence-electron chi connectivity index (χ3n) is 2.96. The van der Waals surface area contributed by atoms with Crippen molar-refractivity contribution in [1.29, 1.82) is 0 Å². The Morgan fingerprint density at radius 3 is 2.81 bits per heavy atom. The minimum Gasteiger partial charge on any atom is -0.507 e. The Balaban J connectivity index is 2.38. The van der Waals surface area contributed by atoms with Crippen molar-refractivity contribution in [2.24, 2.45) is 0 Å². The van der Waals surface area contributed by atoms with Gasteiger partial charge in [0.25, 0.3) is 0 Å². The molecule has 112 valence electrons. The Bertz CT molecular complexity index is 700. The molecule has 1 aromatic heterocycles. The number of benzene rings is 1. The first-order chi connectivity index (χ1) is 10.2. The van der Waals surface area contributed by atoms with Crippen molar-refractivity contribution in [2.75, 3.05) is 13.7 Å². The van der Waals surface area contributed by atoms with Crippen molar-refractivity contribution < 1.29 is 19.0 Å². The van der Waals surface area contributed by atoms with Gasteiger partial charge in [-0.25, -0.2) is 4.79 Å². The van der Waals surface area contributed by atoms with Gasteiger partial charge in [0.15, 0.2) is 5.75 Å². The van der Waals surface area contributed by atoms with E-state index in [1.165, 1.54) is 13.2 Å². The number of rotatable bonds is 6. The number of hydrogen-bond acceptors (Lipinski definition) is 5. The van der Waals surface area contributed by atoms with Crippen molar-refractivity contribution in [3.05, 3.63) is 40.8 Å². The molecule has 0 saturated carbocycles. The van der Waals surface area contributed by atoms with Crippen LogP contribution < -0.4 is 15.1 Å². The average Bonchev–Trinajstić information content (AvgIpc) is 2.47. The zero-order chi connectivity index (χ0) is 15.2. The summed E-state index contributed by atoms with van der Waals surface area (Å²) < 4.78 is 15.9. The molecule has 0 bridgehead atoms. The van der Waals surface area contributed by atoms with Crippen LogP contribution in [-0.2, 0) is 0 Å². The van der Waals surface area contributed by atoms with E-state index in [0.29, 0.717) is 18.4 Å². The summed E-state index contributed by atoms with van der Waals surface area (Å²) in [4.78, 5) is 12.0. The van der Waals surface area contributed by atoms with E-state index in [9.17, 15) is 9.90 Å². The highest BCUT2D eigenvalue weighted by Crippen LogP contribution is 2.37. The molecular formula is C16H18O5. The lowest BCUT2D eigenvalue weighted by molar-refractivity contribution is 0.285. The lowest BCUT2D eigenvalue weighted by Crippen LogP contribution is -2.10. The first-order valence-corrected chi connectivity index (χ1v) is 6.79. The summed E-state index contributed by atoms with van der Waals surface area (Å²) in [6.45, 7) is 2.37. The molecule has 0 aliphatic carbocycles. The fourth-order valence-corrected chi connectivity index (χ4v) is 2.02. The number of fused-ring (bicyclic) bond motifs is 1. The molecule has 1 heterocycles. The van der Waals surface area contributed by atoms with Crippen LogP contribution in [0, 0.1) is 0 Å². The number of aromatic hydroxyl groups is 1. The van der Waals surface area contributed by atoms with Crippen LogP contribution in [0.25, 0.3) is 11.0 Å². The molecule has 0 radical (unpaired) electrons. The van der Waals surface area contributed by atoms with E-state index in [1.807, 2.05) is 19.1 Å². The van der Waals surface area contributed by atoms with Crippen LogP contribution in [0.2, 0.25) is 0 Å². The first kappa shape index (κ1) is 15.0. The van der Waals surface area contributed by atoms with E-state index < -0.39 is 5.63 Å². The lowest BCUT2D eigenvalue weighted by Gasteiger charge is -2.11. The second-order valence-corrected chi connectivity index (χ2v) is 4.42. The quantitative estimate of drug-likeness (QED) is 0.502. The van der Waals surface area contributed by atoms with Gasteiger partial charge in [0.1, 0.15) is 16.7 Å². The predicted octanol–water partition coefficient (Wildman–Crippen LogP) is 3.24. The minimum atomic E-state index is -0.621. The van der Waals surface area contributed by atoms with Crippen LogP contribution in [0.5, 0.6) is 17.2 Å². The largest absolute Gasteiger partial charge is 0.507 e. The Hall–Kier alpha value is -2.43. The normalized spacial score (nSPS) is 11.1. The summed E-state index contributed by atoms with van der Waals surface area (Å²) in [6, 6.07) is 4.68. The molecule has 21 heavy (non-hydrogen) atoms. The molecule has 0 amide bonds. The van der Waals surface area contributed by atoms with Crippen molar-refractivity contribution in [1.82, 2.24) is 0 Å². The summed E-state index contributed by atoms with van der Waals surface area (Å²) in [6.07, 6.45) is 5.63. The van der Waals surface area contributed by atoms with Crippen LogP contribution in [0.3, 0.4) is 0 Å². The molecule has 1 N–H and O–H groups in total. The average molecular weight is 290 g/mol. The monoisotopic (exact) mass is 290 g/mol. The van der Waals surface area contributed by atoms with Crippen molar-refractivity contribution in [3.8, 4) is 17.2 Å². The molecule has 0 aliphatic rings. The highest BCUT2D eigenvalue weighted by Gasteiger charge is 2.19. The van der Waals surface area contributed by atoms with Gasteiger partial charge in [-0.3, -0.25) is 0 Å². The van der Waals surface area contributed by atoms with Gasteiger partial charge in [0.2, 0.25) is 5.75 Å². The van der Waals surface area contributed by atoms with Gasteiger partial charge in [-0.05, 0) is 25.0 Å². The maximum atomic E-state index is 12.0. The van der Waals surface area contributed by atoms with Crippen LogP contribution in [-0.4, -0.2) is 18.8 Å². The molecule has 0 spiro atoms. The standard InChI is InChI=1S/C16H18O5/c1-3-4-5-6-10-20-15-14(19-2)13-11(17)8-7-9-12(13)21-16(15)18/h4-5,7-9,17H,3,6,10H2,1-2H3. The number of phenols is 1. The number of ether oxygens (including phenoxy) is 2. The molecule has 0 saturated heterocycles. The number of hydrogen-bond donors (Lipinski definition) is 1. The summed E-state index contributed by atoms with van der Waals surface area (Å²) in [5, 5.41) is 10.3. The van der Waals surface area contributed by atoms with Gasteiger partial charge < -0.3 is 19.0 Å². The summed E-state index contributed by atoms with van der Waals surface area (Å²) in [5.41, 5.74) is -0.362. The Morgan fingerprint density at radius 2 is 2.10 bits per heavy atom. The first-order valence-electron chi connectivity index (χ1n) is 6.79. The highest BCUT2D eigenvalue weighted by atomic mass is 16.5. The topological polar surface area (TPSA) is 68.9 Å². The van der Waals surface area contributed by atoms with Crippen LogP contribution in [0.1, 0.15) is 19.8 Å². The fourth-order valence-electron chi connectivity index (χ4n) is 2.02. The third-order valence-corrected chi connectivity index (χ3v) is 2.96. The summed E-state index contributed by atoms with van der Waals surface area (Å²) in [7, 11) is 1.42. The van der Waals surface area contributed by atoms with E-state index in [4.69, 9.17) is 13.9 Å². The molecule has 2 rings (SSSR count). The molecule has 1 aromatic carbocycles. The predicted molar refractivity (Wildman–Crippen MR) is 80.2 cm³/mol. The van der Waals surface area contributed by atoms with Crippen LogP contribution >= 0.6 is 0 Å². The maximum absolute atomic E-state index is 12.0. The van der Waals surface area contributed by atoms with Crippen LogP contribution in [0.15, 0.2) is 39.6 Å². The molecule has 2 aromatic rings. The Morgan fingerprint density at radius 1 is 1.29 bits per heavy atom. The lowest BCUT2D eigenvalue weighted by atomic mass is 10.2. The maximum Gasteiger partial charge on any atom is 0.383 e. The molecule has 0 atom stereocenters. The van der Waals surface area contributed by atoms with Gasteiger partial charge in [-0.15, -0.1) is 0 Å². The van der Waals surface area contributed by atoms with Gasteiger partial charge in [0, 0.05) is 0 Å². The zero-order valence-electron chi connectivity index (χ0n) is 12.1. The van der Waals surface area contributed by atoms with E-state index in [2.05, 4.69) is 0 Å². The molecule has 0 fully saturated rings. The molecular weight excluding hydrogens is 272 g/mol. The molecule has 0 unspecified atom stereocenters. The Labute approximate surface area is 122 Å².